The molecule has 1 N–H and O–H groups in total. The van der Waals surface area contributed by atoms with Crippen LogP contribution in [0.5, 0.6) is 5.88 Å². The largest absolute Gasteiger partial charge is 0.476 e. The Hall–Kier alpha value is -2.84. The summed E-state index contributed by atoms with van der Waals surface area (Å²) in [7, 11) is 0. The van der Waals surface area contributed by atoms with Crippen molar-refractivity contribution in [3.05, 3.63) is 51.2 Å². The summed E-state index contributed by atoms with van der Waals surface area (Å²) in [6, 6.07) is 8.26. The van der Waals surface area contributed by atoms with Crippen molar-refractivity contribution >= 4 is 6.03 Å². The number of rotatable bonds is 5. The van der Waals surface area contributed by atoms with Gasteiger partial charge in [0.25, 0.3) is 0 Å². The highest BCUT2D eigenvalue weighted by atomic mass is 16.6. The molecule has 2 amide bonds. The maximum Gasteiger partial charge on any atom is 0.317 e. The Bertz CT molecular complexity index is 1130. The number of aromatic nitrogens is 1. The number of pyridine rings is 1. The van der Waals surface area contributed by atoms with Crippen LogP contribution in [0.4, 0.5) is 4.79 Å². The third-order valence-corrected chi connectivity index (χ3v) is 6.86. The van der Waals surface area contributed by atoms with Crippen LogP contribution in [-0.4, -0.2) is 67.2 Å². The molecule has 0 spiro atoms. The molecule has 0 aliphatic carbocycles. The predicted molar refractivity (Wildman–Crippen MR) is 129 cm³/mol. The number of likely N-dealkylation sites (tertiary alicyclic amines) is 1. The van der Waals surface area contributed by atoms with Gasteiger partial charge in [-0.3, -0.25) is 4.79 Å². The number of amides is 2. The van der Waals surface area contributed by atoms with Gasteiger partial charge in [0.2, 0.25) is 0 Å². The molecule has 2 fully saturated rings. The van der Waals surface area contributed by atoms with Crippen LogP contribution in [0, 0.1) is 6.92 Å². The van der Waals surface area contributed by atoms with Crippen molar-refractivity contribution in [3.8, 4) is 17.1 Å². The molecule has 2 saturated heterocycles. The van der Waals surface area contributed by atoms with Gasteiger partial charge in [0, 0.05) is 48.8 Å². The molecular weight excluding hydrogens is 434 g/mol. The zero-order chi connectivity index (χ0) is 23.8. The Morgan fingerprint density at radius 2 is 2.06 bits per heavy atom. The number of urea groups is 1. The summed E-state index contributed by atoms with van der Waals surface area (Å²) in [6.07, 6.45) is 0.742. The lowest BCUT2D eigenvalue weighted by Crippen LogP contribution is -2.53. The molecule has 1 aromatic heterocycles. The lowest BCUT2D eigenvalue weighted by molar-refractivity contribution is -0.102. The van der Waals surface area contributed by atoms with Crippen molar-refractivity contribution in [1.82, 2.24) is 14.8 Å². The summed E-state index contributed by atoms with van der Waals surface area (Å²) in [4.78, 5) is 26.8. The van der Waals surface area contributed by atoms with Gasteiger partial charge >= 0.3 is 6.03 Å². The molecule has 0 radical (unpaired) electrons. The number of nitrogens with zero attached hydrogens (tertiary/aromatic N) is 2. The average Bonchev–Trinajstić information content (AvgIpc) is 2.79. The molecule has 8 heteroatoms. The number of carbonyl (C=O) groups excluding carboxylic acids is 1. The molecule has 0 unspecified atom stereocenters. The second kappa shape index (κ2) is 9.43. The highest BCUT2D eigenvalue weighted by molar-refractivity contribution is 5.76. The number of ether oxygens (including phenoxy) is 3. The molecule has 1 aromatic carbocycles. The van der Waals surface area contributed by atoms with E-state index in [2.05, 4.69) is 28.1 Å². The van der Waals surface area contributed by atoms with Crippen molar-refractivity contribution in [3.63, 3.8) is 0 Å². The second-order valence-electron chi connectivity index (χ2n) is 9.72. The number of hydrogen-bond acceptors (Lipinski definition) is 5. The van der Waals surface area contributed by atoms with Gasteiger partial charge in [0.05, 0.1) is 25.5 Å². The van der Waals surface area contributed by atoms with Crippen LogP contribution >= 0.6 is 0 Å². The predicted octanol–water partition coefficient (Wildman–Crippen LogP) is 2.69. The SMILES string of the molecule is Cc1c2n(c(OC[C@@H]3COCCO3)cc1=O)CCc1cc(C3CN(C(=O)NC(C)C)C3)ccc1-2. The third kappa shape index (κ3) is 4.44. The fourth-order valence-electron chi connectivity index (χ4n) is 4.96. The van der Waals surface area contributed by atoms with Gasteiger partial charge in [0.15, 0.2) is 11.3 Å². The Balaban J connectivity index is 1.35. The number of hydrogen-bond donors (Lipinski definition) is 1. The van der Waals surface area contributed by atoms with Gasteiger partial charge < -0.3 is 29.0 Å². The molecule has 182 valence electrons. The molecule has 0 saturated carbocycles. The maximum absolute atomic E-state index is 12.8. The molecule has 8 nitrogen and oxygen atoms in total. The van der Waals surface area contributed by atoms with E-state index >= 15 is 0 Å². The highest BCUT2D eigenvalue weighted by Gasteiger charge is 2.33. The van der Waals surface area contributed by atoms with Crippen LogP contribution in [0.15, 0.2) is 29.1 Å². The van der Waals surface area contributed by atoms with E-state index in [0.29, 0.717) is 38.2 Å². The lowest BCUT2D eigenvalue weighted by atomic mass is 9.86. The van der Waals surface area contributed by atoms with Gasteiger partial charge in [-0.2, -0.15) is 0 Å². The molecule has 5 rings (SSSR count). The summed E-state index contributed by atoms with van der Waals surface area (Å²) in [5.74, 6) is 0.932. The Morgan fingerprint density at radius 1 is 1.24 bits per heavy atom. The normalized spacial score (nSPS) is 19.9. The van der Waals surface area contributed by atoms with Crippen LogP contribution in [0.1, 0.15) is 36.5 Å². The summed E-state index contributed by atoms with van der Waals surface area (Å²) in [6.45, 7) is 10.1. The average molecular weight is 468 g/mol. The first-order valence-electron chi connectivity index (χ1n) is 12.2. The van der Waals surface area contributed by atoms with Gasteiger partial charge in [0.1, 0.15) is 12.7 Å². The van der Waals surface area contributed by atoms with Crippen LogP contribution in [0.25, 0.3) is 11.3 Å². The number of carbonyl (C=O) groups is 1. The molecule has 0 bridgehead atoms. The van der Waals surface area contributed by atoms with Crippen molar-refractivity contribution in [2.75, 3.05) is 39.5 Å². The van der Waals surface area contributed by atoms with Crippen molar-refractivity contribution in [2.24, 2.45) is 0 Å². The number of nitrogens with one attached hydrogen (secondary N) is 1. The Kier molecular flexibility index (Phi) is 6.36. The van der Waals surface area contributed by atoms with E-state index in [1.807, 2.05) is 25.7 Å². The fourth-order valence-corrected chi connectivity index (χ4v) is 4.96. The van der Waals surface area contributed by atoms with E-state index in [-0.39, 0.29) is 23.6 Å². The molecule has 3 aliphatic heterocycles. The van der Waals surface area contributed by atoms with Crippen LogP contribution in [0.2, 0.25) is 0 Å². The highest BCUT2D eigenvalue weighted by Crippen LogP contribution is 2.37. The van der Waals surface area contributed by atoms with E-state index in [0.717, 1.165) is 42.9 Å². The first-order chi connectivity index (χ1) is 16.4. The van der Waals surface area contributed by atoms with E-state index < -0.39 is 0 Å². The molecule has 2 aromatic rings. The first kappa shape index (κ1) is 22.9. The molecule has 1 atom stereocenters. The van der Waals surface area contributed by atoms with Crippen LogP contribution < -0.4 is 15.5 Å². The first-order valence-corrected chi connectivity index (χ1v) is 12.2. The Labute approximate surface area is 199 Å². The second-order valence-corrected chi connectivity index (χ2v) is 9.72. The number of aryl methyl sites for hydroxylation is 1. The minimum atomic E-state index is -0.121. The van der Waals surface area contributed by atoms with E-state index in [1.54, 1.807) is 6.07 Å². The minimum absolute atomic E-state index is 0.00542. The van der Waals surface area contributed by atoms with E-state index in [4.69, 9.17) is 14.2 Å². The van der Waals surface area contributed by atoms with Gasteiger partial charge in [-0.05, 0) is 38.3 Å². The fraction of sp³-hybridized carbons (Fsp3) is 0.538. The molecular formula is C26H33N3O5. The minimum Gasteiger partial charge on any atom is -0.476 e. The van der Waals surface area contributed by atoms with E-state index in [1.165, 1.54) is 11.1 Å². The molecule has 3 aliphatic rings. The van der Waals surface area contributed by atoms with Gasteiger partial charge in [-0.15, -0.1) is 0 Å². The standard InChI is InChI=1S/C26H33N3O5/c1-16(2)27-26(31)28-12-20(13-28)18-4-5-22-19(10-18)6-7-29-24(11-23(30)17(3)25(22)29)34-15-21-14-32-8-9-33-21/h4-5,10-11,16,20-21H,6-9,12-15H2,1-3H3,(H,27,31)/t21-/m0/s1. The zero-order valence-corrected chi connectivity index (χ0v) is 20.1. The van der Waals surface area contributed by atoms with E-state index in [9.17, 15) is 9.59 Å². The van der Waals surface area contributed by atoms with Crippen LogP contribution in [-0.2, 0) is 22.4 Å². The van der Waals surface area contributed by atoms with Crippen molar-refractivity contribution in [2.45, 2.75) is 51.8 Å². The van der Waals surface area contributed by atoms with Crippen molar-refractivity contribution in [1.29, 1.82) is 0 Å². The smallest absolute Gasteiger partial charge is 0.317 e. The molecule has 34 heavy (non-hydrogen) atoms. The molecule has 4 heterocycles. The number of benzene rings is 1. The van der Waals surface area contributed by atoms with Crippen molar-refractivity contribution < 1.29 is 19.0 Å². The summed E-state index contributed by atoms with van der Waals surface area (Å²) in [5, 5.41) is 2.95. The van der Waals surface area contributed by atoms with Crippen LogP contribution in [0.3, 0.4) is 0 Å². The number of fused-ring (bicyclic) bond motifs is 3. The summed E-state index contributed by atoms with van der Waals surface area (Å²) < 4.78 is 19.3. The Morgan fingerprint density at radius 3 is 2.79 bits per heavy atom. The maximum atomic E-state index is 12.8. The summed E-state index contributed by atoms with van der Waals surface area (Å²) >= 11 is 0. The lowest BCUT2D eigenvalue weighted by Gasteiger charge is -2.40. The quantitative estimate of drug-likeness (QED) is 0.731. The summed E-state index contributed by atoms with van der Waals surface area (Å²) in [5.41, 5.74) is 5.22. The van der Waals surface area contributed by atoms with Gasteiger partial charge in [-0.25, -0.2) is 4.79 Å². The monoisotopic (exact) mass is 467 g/mol. The topological polar surface area (TPSA) is 82.0 Å². The third-order valence-electron chi connectivity index (χ3n) is 6.86. The zero-order valence-electron chi connectivity index (χ0n) is 20.1. The van der Waals surface area contributed by atoms with Gasteiger partial charge in [-0.1, -0.05) is 18.2 Å².